The lowest BCUT2D eigenvalue weighted by molar-refractivity contribution is 0.324. The topological polar surface area (TPSA) is 108 Å². The monoisotopic (exact) mass is 489 g/mol. The van der Waals surface area contributed by atoms with Gasteiger partial charge in [-0.2, -0.15) is 21.3 Å². The second-order valence-corrected chi connectivity index (χ2v) is 8.20. The van der Waals surface area contributed by atoms with E-state index in [-0.39, 0.29) is 0 Å². The summed E-state index contributed by atoms with van der Waals surface area (Å²) in [5.74, 6) is 2.55. The van der Waals surface area contributed by atoms with Gasteiger partial charge in [0.15, 0.2) is 28.5 Å². The SMILES string of the molecule is COc1cc(Nc2nc(NCc3cccnc3)nc3c2ncn3-c2ccsc2)cc(OC)c1OC. The number of imidazole rings is 1. The third-order valence-corrected chi connectivity index (χ3v) is 5.95. The van der Waals surface area contributed by atoms with Crippen molar-refractivity contribution in [3.05, 3.63) is 65.4 Å². The average molecular weight is 490 g/mol. The van der Waals surface area contributed by atoms with Crippen LogP contribution in [-0.4, -0.2) is 45.8 Å². The molecule has 0 saturated heterocycles. The molecule has 11 heteroatoms. The van der Waals surface area contributed by atoms with E-state index in [1.807, 2.05) is 45.7 Å². The first kappa shape index (κ1) is 22.4. The number of aromatic nitrogens is 5. The average Bonchev–Trinajstić information content (AvgIpc) is 3.57. The molecule has 5 rings (SSSR count). The van der Waals surface area contributed by atoms with Crippen molar-refractivity contribution in [3.8, 4) is 22.9 Å². The van der Waals surface area contributed by atoms with Crippen LogP contribution in [0.25, 0.3) is 16.9 Å². The number of rotatable bonds is 9. The Hall–Kier alpha value is -4.38. The smallest absolute Gasteiger partial charge is 0.227 e. The maximum atomic E-state index is 5.49. The quantitative estimate of drug-likeness (QED) is 0.306. The van der Waals surface area contributed by atoms with Crippen LogP contribution in [0.1, 0.15) is 5.56 Å². The van der Waals surface area contributed by atoms with Gasteiger partial charge in [-0.1, -0.05) is 6.07 Å². The van der Waals surface area contributed by atoms with Crippen LogP contribution in [0.3, 0.4) is 0 Å². The number of nitrogens with zero attached hydrogens (tertiary/aromatic N) is 5. The van der Waals surface area contributed by atoms with Crippen LogP contribution in [0.2, 0.25) is 0 Å². The summed E-state index contributed by atoms with van der Waals surface area (Å²) in [7, 11) is 4.72. The first-order chi connectivity index (χ1) is 17.2. The van der Waals surface area contributed by atoms with E-state index in [1.54, 1.807) is 51.4 Å². The Labute approximate surface area is 205 Å². The maximum absolute atomic E-state index is 5.49. The molecule has 1 aromatic carbocycles. The first-order valence-corrected chi connectivity index (χ1v) is 11.6. The Morgan fingerprint density at radius 3 is 2.51 bits per heavy atom. The molecule has 2 N–H and O–H groups in total. The second kappa shape index (κ2) is 9.85. The highest BCUT2D eigenvalue weighted by Gasteiger charge is 2.18. The van der Waals surface area contributed by atoms with E-state index in [1.165, 1.54) is 0 Å². The van der Waals surface area contributed by atoms with E-state index in [2.05, 4.69) is 20.6 Å². The summed E-state index contributed by atoms with van der Waals surface area (Å²) in [6, 6.07) is 9.53. The summed E-state index contributed by atoms with van der Waals surface area (Å²) in [6.07, 6.45) is 5.29. The van der Waals surface area contributed by atoms with Crippen molar-refractivity contribution in [1.82, 2.24) is 24.5 Å². The number of methoxy groups -OCH3 is 3. The largest absolute Gasteiger partial charge is 0.493 e. The molecule has 0 spiro atoms. The molecule has 0 unspecified atom stereocenters. The predicted octanol–water partition coefficient (Wildman–Crippen LogP) is 4.65. The van der Waals surface area contributed by atoms with Gasteiger partial charge in [-0.25, -0.2) is 4.98 Å². The number of fused-ring (bicyclic) bond motifs is 1. The summed E-state index contributed by atoms with van der Waals surface area (Å²) >= 11 is 1.61. The molecule has 0 fully saturated rings. The molecule has 35 heavy (non-hydrogen) atoms. The minimum Gasteiger partial charge on any atom is -0.493 e. The highest BCUT2D eigenvalue weighted by atomic mass is 32.1. The minimum absolute atomic E-state index is 0.452. The molecule has 0 aliphatic heterocycles. The minimum atomic E-state index is 0.452. The summed E-state index contributed by atoms with van der Waals surface area (Å²) in [6.45, 7) is 0.523. The lowest BCUT2D eigenvalue weighted by Gasteiger charge is -2.15. The molecule has 0 atom stereocenters. The van der Waals surface area contributed by atoms with Crippen LogP contribution >= 0.6 is 11.3 Å². The van der Waals surface area contributed by atoms with Gasteiger partial charge in [0.1, 0.15) is 6.33 Å². The van der Waals surface area contributed by atoms with E-state index >= 15 is 0 Å². The van der Waals surface area contributed by atoms with Gasteiger partial charge in [0.2, 0.25) is 11.7 Å². The molecule has 5 aromatic rings. The third-order valence-electron chi connectivity index (χ3n) is 5.28. The number of pyridine rings is 1. The molecule has 0 saturated carbocycles. The van der Waals surface area contributed by atoms with Crippen LogP contribution in [0.15, 0.2) is 59.8 Å². The molecule has 4 aromatic heterocycles. The Kier molecular flexibility index (Phi) is 6.31. The van der Waals surface area contributed by atoms with Crippen molar-refractivity contribution in [1.29, 1.82) is 0 Å². The Morgan fingerprint density at radius 2 is 1.86 bits per heavy atom. The van der Waals surface area contributed by atoms with Crippen molar-refractivity contribution in [3.63, 3.8) is 0 Å². The van der Waals surface area contributed by atoms with E-state index in [9.17, 15) is 0 Å². The van der Waals surface area contributed by atoms with E-state index in [0.29, 0.717) is 52.4 Å². The molecule has 178 valence electrons. The van der Waals surface area contributed by atoms with Crippen LogP contribution in [-0.2, 0) is 6.54 Å². The molecule has 0 bridgehead atoms. The predicted molar refractivity (Wildman–Crippen MR) is 135 cm³/mol. The van der Waals surface area contributed by atoms with Gasteiger partial charge in [0.25, 0.3) is 0 Å². The molecule has 0 radical (unpaired) electrons. The zero-order chi connectivity index (χ0) is 24.2. The Balaban J connectivity index is 1.57. The lowest BCUT2D eigenvalue weighted by Crippen LogP contribution is -2.07. The summed E-state index contributed by atoms with van der Waals surface area (Å²) in [5.41, 5.74) is 3.98. The highest BCUT2D eigenvalue weighted by Crippen LogP contribution is 2.41. The van der Waals surface area contributed by atoms with Crippen molar-refractivity contribution in [2.24, 2.45) is 0 Å². The fraction of sp³-hybridized carbons (Fsp3) is 0.167. The van der Waals surface area contributed by atoms with E-state index in [4.69, 9.17) is 24.2 Å². The van der Waals surface area contributed by atoms with Gasteiger partial charge in [-0.15, -0.1) is 0 Å². The molecule has 0 aliphatic rings. The fourth-order valence-electron chi connectivity index (χ4n) is 3.62. The Bertz CT molecular complexity index is 1410. The molecule has 10 nitrogen and oxygen atoms in total. The van der Waals surface area contributed by atoms with E-state index < -0.39 is 0 Å². The number of hydrogen-bond donors (Lipinski definition) is 2. The molecular weight excluding hydrogens is 466 g/mol. The van der Waals surface area contributed by atoms with Gasteiger partial charge >= 0.3 is 0 Å². The third kappa shape index (κ3) is 4.53. The normalized spacial score (nSPS) is 10.8. The van der Waals surface area contributed by atoms with Gasteiger partial charge < -0.3 is 24.8 Å². The van der Waals surface area contributed by atoms with Gasteiger partial charge in [0.05, 0.1) is 27.0 Å². The number of ether oxygens (including phenoxy) is 3. The summed E-state index contributed by atoms with van der Waals surface area (Å²) < 4.78 is 18.4. The molecule has 0 amide bonds. The molecular formula is C24H23N7O3S. The van der Waals surface area contributed by atoms with Crippen LogP contribution < -0.4 is 24.8 Å². The zero-order valence-electron chi connectivity index (χ0n) is 19.3. The maximum Gasteiger partial charge on any atom is 0.227 e. The second-order valence-electron chi connectivity index (χ2n) is 7.42. The van der Waals surface area contributed by atoms with Crippen LogP contribution in [0.4, 0.5) is 17.5 Å². The lowest BCUT2D eigenvalue weighted by atomic mass is 10.2. The summed E-state index contributed by atoms with van der Waals surface area (Å²) in [4.78, 5) is 18.2. The highest BCUT2D eigenvalue weighted by molar-refractivity contribution is 7.08. The number of thiophene rings is 1. The van der Waals surface area contributed by atoms with Crippen LogP contribution in [0.5, 0.6) is 17.2 Å². The van der Waals surface area contributed by atoms with Crippen LogP contribution in [0, 0.1) is 0 Å². The number of benzene rings is 1. The number of hydrogen-bond acceptors (Lipinski definition) is 10. The Morgan fingerprint density at radius 1 is 1.03 bits per heavy atom. The molecule has 4 heterocycles. The van der Waals surface area contributed by atoms with Crippen molar-refractivity contribution >= 4 is 40.0 Å². The first-order valence-electron chi connectivity index (χ1n) is 10.7. The molecule has 0 aliphatic carbocycles. The number of nitrogens with one attached hydrogen (secondary N) is 2. The fourth-order valence-corrected chi connectivity index (χ4v) is 4.25. The van der Waals surface area contributed by atoms with Gasteiger partial charge in [0, 0.05) is 42.1 Å². The van der Waals surface area contributed by atoms with Crippen molar-refractivity contribution in [2.75, 3.05) is 32.0 Å². The van der Waals surface area contributed by atoms with Gasteiger partial charge in [-0.3, -0.25) is 9.55 Å². The van der Waals surface area contributed by atoms with Crippen molar-refractivity contribution < 1.29 is 14.2 Å². The standard InChI is InChI=1S/C24H23N7O3S/c1-32-18-9-16(10-19(33-2)21(18)34-3)28-22-20-23(31(14-27-20)17-6-8-35-13-17)30-24(29-22)26-12-15-5-4-7-25-11-15/h4-11,13-14H,12H2,1-3H3,(H2,26,28,29,30). The van der Waals surface area contributed by atoms with Gasteiger partial charge in [-0.05, 0) is 23.1 Å². The zero-order valence-corrected chi connectivity index (χ0v) is 20.2. The van der Waals surface area contributed by atoms with Crippen molar-refractivity contribution in [2.45, 2.75) is 6.54 Å². The van der Waals surface area contributed by atoms with E-state index in [0.717, 1.165) is 11.3 Å². The number of anilines is 3. The summed E-state index contributed by atoms with van der Waals surface area (Å²) in [5, 5.41) is 10.7.